The summed E-state index contributed by atoms with van der Waals surface area (Å²) in [6, 6.07) is 10.7. The van der Waals surface area contributed by atoms with Crippen molar-refractivity contribution in [2.75, 3.05) is 19.6 Å². The maximum atomic E-state index is 12.5. The molecule has 2 bridgehead atoms. The van der Waals surface area contributed by atoms with Gasteiger partial charge in [-0.2, -0.15) is 0 Å². The molecule has 4 nitrogen and oxygen atoms in total. The highest BCUT2D eigenvalue weighted by atomic mass is 16.2. The number of piperidine rings is 3. The Labute approximate surface area is 137 Å². The molecule has 0 radical (unpaired) electrons. The zero-order chi connectivity index (χ0) is 15.8. The normalized spacial score (nSPS) is 26.2. The molecule has 1 N–H and O–H groups in total. The van der Waals surface area contributed by atoms with E-state index in [2.05, 4.69) is 41.4 Å². The van der Waals surface area contributed by atoms with Gasteiger partial charge in [-0.15, -0.1) is 0 Å². The number of amides is 1. The molecule has 1 atom stereocenters. The Balaban J connectivity index is 1.46. The van der Waals surface area contributed by atoms with Gasteiger partial charge in [0.15, 0.2) is 0 Å². The van der Waals surface area contributed by atoms with Gasteiger partial charge in [-0.25, -0.2) is 4.79 Å². The van der Waals surface area contributed by atoms with Gasteiger partial charge in [-0.3, -0.25) is 4.57 Å². The van der Waals surface area contributed by atoms with Crippen LogP contribution in [-0.4, -0.2) is 41.2 Å². The van der Waals surface area contributed by atoms with Crippen LogP contribution in [-0.2, 0) is 0 Å². The van der Waals surface area contributed by atoms with Gasteiger partial charge >= 0.3 is 6.03 Å². The van der Waals surface area contributed by atoms with Gasteiger partial charge in [-0.05, 0) is 56.0 Å². The monoisotopic (exact) mass is 309 g/mol. The Morgan fingerprint density at radius 1 is 1.09 bits per heavy atom. The molecular formula is C19H23N3O. The first kappa shape index (κ1) is 14.5. The molecule has 2 aromatic rings. The van der Waals surface area contributed by atoms with Crippen molar-refractivity contribution in [3.05, 3.63) is 48.3 Å². The molecule has 0 aliphatic carbocycles. The van der Waals surface area contributed by atoms with Crippen LogP contribution in [0.3, 0.4) is 0 Å². The Bertz CT molecular complexity index is 696. The molecule has 3 fully saturated rings. The number of hydrogen-bond acceptors (Lipinski definition) is 2. The van der Waals surface area contributed by atoms with Crippen molar-refractivity contribution < 1.29 is 4.79 Å². The molecule has 120 valence electrons. The van der Waals surface area contributed by atoms with Gasteiger partial charge < -0.3 is 10.2 Å². The highest BCUT2D eigenvalue weighted by Gasteiger charge is 2.34. The summed E-state index contributed by atoms with van der Waals surface area (Å²) in [5.41, 5.74) is 3.47. The van der Waals surface area contributed by atoms with Crippen LogP contribution in [0.2, 0.25) is 0 Å². The van der Waals surface area contributed by atoms with Crippen molar-refractivity contribution in [2.24, 2.45) is 5.92 Å². The van der Waals surface area contributed by atoms with Gasteiger partial charge in [-0.1, -0.05) is 29.8 Å². The lowest BCUT2D eigenvalue weighted by Gasteiger charge is -2.44. The minimum absolute atomic E-state index is 0.0119. The van der Waals surface area contributed by atoms with E-state index in [1.165, 1.54) is 31.5 Å². The molecule has 1 aromatic carbocycles. The zero-order valence-electron chi connectivity index (χ0n) is 13.5. The Hall–Kier alpha value is -2.07. The summed E-state index contributed by atoms with van der Waals surface area (Å²) in [6.45, 7) is 5.47. The van der Waals surface area contributed by atoms with E-state index in [0.29, 0.717) is 12.0 Å². The molecule has 0 saturated carbocycles. The van der Waals surface area contributed by atoms with Crippen LogP contribution in [0.15, 0.2) is 42.7 Å². The number of hydrogen-bond donors (Lipinski definition) is 1. The van der Waals surface area contributed by atoms with Crippen molar-refractivity contribution in [1.29, 1.82) is 0 Å². The molecular weight excluding hydrogens is 286 g/mol. The van der Waals surface area contributed by atoms with Crippen LogP contribution < -0.4 is 5.32 Å². The Morgan fingerprint density at radius 2 is 1.83 bits per heavy atom. The van der Waals surface area contributed by atoms with Gasteiger partial charge in [0.1, 0.15) is 0 Å². The van der Waals surface area contributed by atoms with E-state index in [-0.39, 0.29) is 6.03 Å². The molecule has 3 aliphatic rings. The third-order valence-corrected chi connectivity index (χ3v) is 5.28. The highest BCUT2D eigenvalue weighted by Crippen LogP contribution is 2.27. The lowest BCUT2D eigenvalue weighted by molar-refractivity contribution is 0.0767. The van der Waals surface area contributed by atoms with Crippen LogP contribution in [0.1, 0.15) is 18.4 Å². The van der Waals surface area contributed by atoms with E-state index in [4.69, 9.17) is 0 Å². The Morgan fingerprint density at radius 3 is 2.48 bits per heavy atom. The van der Waals surface area contributed by atoms with Crippen LogP contribution in [0.5, 0.6) is 0 Å². The van der Waals surface area contributed by atoms with Crippen molar-refractivity contribution >= 4 is 6.03 Å². The molecule has 5 rings (SSSR count). The van der Waals surface area contributed by atoms with Gasteiger partial charge in [0, 0.05) is 25.0 Å². The first-order valence-corrected chi connectivity index (χ1v) is 8.47. The van der Waals surface area contributed by atoms with Crippen molar-refractivity contribution in [3.63, 3.8) is 0 Å². The van der Waals surface area contributed by atoms with Crippen molar-refractivity contribution in [1.82, 2.24) is 14.8 Å². The topological polar surface area (TPSA) is 37.3 Å². The number of rotatable bonds is 2. The molecule has 4 heterocycles. The molecule has 1 amide bonds. The van der Waals surface area contributed by atoms with E-state index in [1.54, 1.807) is 4.57 Å². The molecule has 3 saturated heterocycles. The molecule has 0 unspecified atom stereocenters. The number of nitrogens with one attached hydrogen (secondary N) is 1. The molecule has 4 heteroatoms. The molecule has 3 aliphatic heterocycles. The maximum Gasteiger partial charge on any atom is 0.325 e. The van der Waals surface area contributed by atoms with E-state index in [1.807, 2.05) is 18.5 Å². The second-order valence-corrected chi connectivity index (χ2v) is 6.87. The van der Waals surface area contributed by atoms with Crippen molar-refractivity contribution in [2.45, 2.75) is 25.8 Å². The summed E-state index contributed by atoms with van der Waals surface area (Å²) in [7, 11) is 0. The number of aromatic nitrogens is 1. The quantitative estimate of drug-likeness (QED) is 0.925. The SMILES string of the molecule is Cc1ccc(-c2ccn(C(=O)N[C@H]3CN4CCC3CC4)c2)cc1. The maximum absolute atomic E-state index is 12.5. The fourth-order valence-electron chi connectivity index (χ4n) is 3.80. The zero-order valence-corrected chi connectivity index (χ0v) is 13.5. The first-order valence-electron chi connectivity index (χ1n) is 8.47. The average molecular weight is 309 g/mol. The highest BCUT2D eigenvalue weighted by molar-refractivity contribution is 5.79. The number of aryl methyl sites for hydroxylation is 1. The van der Waals surface area contributed by atoms with Crippen LogP contribution in [0.25, 0.3) is 11.1 Å². The predicted octanol–water partition coefficient (Wildman–Crippen LogP) is 3.12. The van der Waals surface area contributed by atoms with E-state index in [9.17, 15) is 4.79 Å². The van der Waals surface area contributed by atoms with E-state index in [0.717, 1.165) is 17.7 Å². The van der Waals surface area contributed by atoms with Crippen LogP contribution >= 0.6 is 0 Å². The van der Waals surface area contributed by atoms with E-state index >= 15 is 0 Å². The van der Waals surface area contributed by atoms with Crippen LogP contribution in [0.4, 0.5) is 4.79 Å². The summed E-state index contributed by atoms with van der Waals surface area (Å²) in [6.07, 6.45) is 6.20. The summed E-state index contributed by atoms with van der Waals surface area (Å²) in [4.78, 5) is 15.0. The predicted molar refractivity (Wildman–Crippen MR) is 91.5 cm³/mol. The third kappa shape index (κ3) is 2.91. The molecule has 0 spiro atoms. The minimum Gasteiger partial charge on any atom is -0.333 e. The number of nitrogens with zero attached hydrogens (tertiary/aromatic N) is 2. The minimum atomic E-state index is -0.0119. The summed E-state index contributed by atoms with van der Waals surface area (Å²) >= 11 is 0. The number of benzene rings is 1. The second kappa shape index (κ2) is 5.85. The smallest absolute Gasteiger partial charge is 0.325 e. The number of fused-ring (bicyclic) bond motifs is 3. The standard InChI is InChI=1S/C19H23N3O/c1-14-2-4-15(5-3-14)17-8-11-22(12-17)19(23)20-18-13-21-9-6-16(18)7-10-21/h2-5,8,11-12,16,18H,6-7,9-10,13H2,1H3,(H,20,23)/t18-/m0/s1. The average Bonchev–Trinajstić information content (AvgIpc) is 3.07. The number of carbonyl (C=O) groups excluding carboxylic acids is 1. The lowest BCUT2D eigenvalue weighted by atomic mass is 9.84. The van der Waals surface area contributed by atoms with E-state index < -0.39 is 0 Å². The van der Waals surface area contributed by atoms with Gasteiger partial charge in [0.2, 0.25) is 0 Å². The summed E-state index contributed by atoms with van der Waals surface area (Å²) in [5.74, 6) is 0.649. The summed E-state index contributed by atoms with van der Waals surface area (Å²) in [5, 5.41) is 3.22. The second-order valence-electron chi connectivity index (χ2n) is 6.87. The molecule has 23 heavy (non-hydrogen) atoms. The largest absolute Gasteiger partial charge is 0.333 e. The van der Waals surface area contributed by atoms with Gasteiger partial charge in [0.05, 0.1) is 0 Å². The first-order chi connectivity index (χ1) is 11.2. The fourth-order valence-corrected chi connectivity index (χ4v) is 3.80. The molecule has 1 aromatic heterocycles. The lowest BCUT2D eigenvalue weighted by Crippen LogP contribution is -2.57. The summed E-state index contributed by atoms with van der Waals surface area (Å²) < 4.78 is 1.67. The van der Waals surface area contributed by atoms with Crippen molar-refractivity contribution in [3.8, 4) is 11.1 Å². The number of carbonyl (C=O) groups is 1. The third-order valence-electron chi connectivity index (χ3n) is 5.28. The van der Waals surface area contributed by atoms with Crippen LogP contribution in [0, 0.1) is 12.8 Å². The Kier molecular flexibility index (Phi) is 3.69. The fraction of sp³-hybridized carbons (Fsp3) is 0.421. The van der Waals surface area contributed by atoms with Gasteiger partial charge in [0.25, 0.3) is 0 Å².